The van der Waals surface area contributed by atoms with Crippen molar-refractivity contribution >= 4 is 12.0 Å². The predicted molar refractivity (Wildman–Crippen MR) is 80.2 cm³/mol. The summed E-state index contributed by atoms with van der Waals surface area (Å²) in [4.78, 5) is 22.1. The molecule has 0 heterocycles. The second-order valence-corrected chi connectivity index (χ2v) is 5.84. The molecule has 3 N–H and O–H groups in total. The third-order valence-corrected chi connectivity index (χ3v) is 4.30. The van der Waals surface area contributed by atoms with Crippen molar-refractivity contribution in [2.75, 3.05) is 13.1 Å². The maximum absolute atomic E-state index is 14.1. The average molecular weight is 326 g/mol. The maximum Gasteiger partial charge on any atom is 0.314 e. The van der Waals surface area contributed by atoms with Crippen LogP contribution in [0.3, 0.4) is 0 Å². The van der Waals surface area contributed by atoms with E-state index in [1.54, 1.807) is 6.07 Å². The highest BCUT2D eigenvalue weighted by molar-refractivity contribution is 5.75. The minimum Gasteiger partial charge on any atom is -0.481 e. The minimum absolute atomic E-state index is 0.0164. The quantitative estimate of drug-likeness (QED) is 0.752. The molecule has 0 saturated heterocycles. The molecule has 1 saturated carbocycles. The van der Waals surface area contributed by atoms with Crippen LogP contribution in [0.1, 0.15) is 37.7 Å². The molecule has 0 unspecified atom stereocenters. The number of hydrogen-bond donors (Lipinski definition) is 3. The molecule has 23 heavy (non-hydrogen) atoms. The third kappa shape index (κ3) is 4.18. The van der Waals surface area contributed by atoms with Crippen LogP contribution in [0, 0.1) is 11.6 Å². The fourth-order valence-corrected chi connectivity index (χ4v) is 3.10. The summed E-state index contributed by atoms with van der Waals surface area (Å²) >= 11 is 0. The van der Waals surface area contributed by atoms with Crippen molar-refractivity contribution in [1.29, 1.82) is 0 Å². The first-order valence-corrected chi connectivity index (χ1v) is 7.63. The van der Waals surface area contributed by atoms with Crippen LogP contribution in [0.5, 0.6) is 0 Å². The smallest absolute Gasteiger partial charge is 0.314 e. The van der Waals surface area contributed by atoms with Crippen LogP contribution >= 0.6 is 0 Å². The molecular formula is C16H20F2N2O3. The van der Waals surface area contributed by atoms with Gasteiger partial charge in [-0.1, -0.05) is 25.0 Å². The van der Waals surface area contributed by atoms with Gasteiger partial charge in [0.2, 0.25) is 0 Å². The second kappa shape index (κ2) is 7.39. The van der Waals surface area contributed by atoms with Gasteiger partial charge in [-0.3, -0.25) is 4.79 Å². The van der Waals surface area contributed by atoms with Gasteiger partial charge in [0.25, 0.3) is 0 Å². The molecule has 5 nitrogen and oxygen atoms in total. The van der Waals surface area contributed by atoms with E-state index in [0.717, 1.165) is 18.9 Å². The molecule has 1 aromatic carbocycles. The first kappa shape index (κ1) is 17.2. The molecule has 1 fully saturated rings. The average Bonchev–Trinajstić information content (AvgIpc) is 2.97. The molecule has 0 atom stereocenters. The van der Waals surface area contributed by atoms with Gasteiger partial charge in [-0.15, -0.1) is 0 Å². The number of carboxylic acids is 1. The summed E-state index contributed by atoms with van der Waals surface area (Å²) in [5, 5.41) is 13.6. The zero-order chi connectivity index (χ0) is 16.9. The van der Waals surface area contributed by atoms with Crippen molar-refractivity contribution in [3.05, 3.63) is 35.4 Å². The number of carbonyl (C=O) groups excluding carboxylic acids is 1. The number of aliphatic carboxylic acids is 1. The standard InChI is InChI=1S/C16H20F2N2O3/c17-12-5-3-4-11(14(12)18)16(7-1-2-8-16)10-20-15(23)19-9-6-13(21)22/h3-5H,1-2,6-10H2,(H,21,22)(H2,19,20,23). The van der Waals surface area contributed by atoms with Crippen LogP contribution in [-0.2, 0) is 10.2 Å². The van der Waals surface area contributed by atoms with Gasteiger partial charge in [-0.05, 0) is 24.5 Å². The van der Waals surface area contributed by atoms with E-state index in [-0.39, 0.29) is 19.5 Å². The van der Waals surface area contributed by atoms with E-state index in [1.165, 1.54) is 6.07 Å². The van der Waals surface area contributed by atoms with Crippen LogP contribution in [-0.4, -0.2) is 30.2 Å². The van der Waals surface area contributed by atoms with Crippen LogP contribution in [0.4, 0.5) is 13.6 Å². The normalized spacial score (nSPS) is 16.1. The Hall–Kier alpha value is -2.18. The summed E-state index contributed by atoms with van der Waals surface area (Å²) < 4.78 is 27.7. The minimum atomic E-state index is -1.00. The van der Waals surface area contributed by atoms with E-state index in [2.05, 4.69) is 10.6 Å². The van der Waals surface area contributed by atoms with Crippen molar-refractivity contribution < 1.29 is 23.5 Å². The first-order chi connectivity index (χ1) is 10.9. The number of carbonyl (C=O) groups is 2. The topological polar surface area (TPSA) is 78.4 Å². The largest absolute Gasteiger partial charge is 0.481 e. The molecule has 2 amide bonds. The summed E-state index contributed by atoms with van der Waals surface area (Å²) in [6, 6.07) is 3.61. The molecule has 2 rings (SSSR count). The van der Waals surface area contributed by atoms with E-state index >= 15 is 0 Å². The van der Waals surface area contributed by atoms with E-state index in [4.69, 9.17) is 5.11 Å². The van der Waals surface area contributed by atoms with Crippen molar-refractivity contribution in [2.45, 2.75) is 37.5 Å². The Morgan fingerprint density at radius 2 is 1.87 bits per heavy atom. The van der Waals surface area contributed by atoms with Gasteiger partial charge in [0.05, 0.1) is 6.42 Å². The van der Waals surface area contributed by atoms with Gasteiger partial charge in [0.15, 0.2) is 11.6 Å². The van der Waals surface area contributed by atoms with E-state index in [1.807, 2.05) is 0 Å². The van der Waals surface area contributed by atoms with Crippen LogP contribution in [0.15, 0.2) is 18.2 Å². The lowest BCUT2D eigenvalue weighted by Crippen LogP contribution is -2.44. The van der Waals surface area contributed by atoms with Crippen molar-refractivity contribution in [1.82, 2.24) is 10.6 Å². The third-order valence-electron chi connectivity index (χ3n) is 4.30. The van der Waals surface area contributed by atoms with E-state index in [0.29, 0.717) is 18.4 Å². The van der Waals surface area contributed by atoms with Crippen LogP contribution in [0.25, 0.3) is 0 Å². The molecule has 1 aromatic rings. The summed E-state index contributed by atoms with van der Waals surface area (Å²) in [5.41, 5.74) is -0.322. The predicted octanol–water partition coefficient (Wildman–Crippen LogP) is 2.55. The number of benzene rings is 1. The Kier molecular flexibility index (Phi) is 5.52. The van der Waals surface area contributed by atoms with Crippen molar-refractivity contribution in [3.8, 4) is 0 Å². The Morgan fingerprint density at radius 1 is 1.17 bits per heavy atom. The van der Waals surface area contributed by atoms with Gasteiger partial charge in [0, 0.05) is 18.5 Å². The number of carboxylic acid groups (broad SMARTS) is 1. The SMILES string of the molecule is O=C(O)CCNC(=O)NCC1(c2cccc(F)c2F)CCCC1. The van der Waals surface area contributed by atoms with Crippen LogP contribution < -0.4 is 10.6 Å². The van der Waals surface area contributed by atoms with E-state index in [9.17, 15) is 18.4 Å². The Balaban J connectivity index is 2.03. The van der Waals surface area contributed by atoms with Gasteiger partial charge >= 0.3 is 12.0 Å². The second-order valence-electron chi connectivity index (χ2n) is 5.84. The zero-order valence-corrected chi connectivity index (χ0v) is 12.7. The molecular weight excluding hydrogens is 306 g/mol. The van der Waals surface area contributed by atoms with Gasteiger partial charge < -0.3 is 15.7 Å². The number of amides is 2. The maximum atomic E-state index is 14.1. The Labute approximate surface area is 133 Å². The van der Waals surface area contributed by atoms with Crippen molar-refractivity contribution in [3.63, 3.8) is 0 Å². The van der Waals surface area contributed by atoms with E-state index < -0.39 is 29.0 Å². The van der Waals surface area contributed by atoms with Gasteiger partial charge in [0.1, 0.15) is 0 Å². The number of halogens is 2. The van der Waals surface area contributed by atoms with Crippen LogP contribution in [0.2, 0.25) is 0 Å². The fourth-order valence-electron chi connectivity index (χ4n) is 3.10. The summed E-state index contributed by atoms with van der Waals surface area (Å²) in [6.07, 6.45) is 2.94. The lowest BCUT2D eigenvalue weighted by molar-refractivity contribution is -0.136. The highest BCUT2D eigenvalue weighted by atomic mass is 19.2. The molecule has 0 bridgehead atoms. The Morgan fingerprint density at radius 3 is 2.52 bits per heavy atom. The molecule has 1 aliphatic rings. The highest BCUT2D eigenvalue weighted by Gasteiger charge is 2.38. The monoisotopic (exact) mass is 326 g/mol. The lowest BCUT2D eigenvalue weighted by Gasteiger charge is -2.30. The van der Waals surface area contributed by atoms with Gasteiger partial charge in [-0.25, -0.2) is 13.6 Å². The zero-order valence-electron chi connectivity index (χ0n) is 12.7. The van der Waals surface area contributed by atoms with Gasteiger partial charge in [-0.2, -0.15) is 0 Å². The molecule has 0 spiro atoms. The summed E-state index contributed by atoms with van der Waals surface area (Å²) in [6.45, 7) is 0.203. The molecule has 0 radical (unpaired) electrons. The molecule has 1 aliphatic carbocycles. The summed E-state index contributed by atoms with van der Waals surface area (Å²) in [7, 11) is 0. The summed E-state index contributed by atoms with van der Waals surface area (Å²) in [5.74, 6) is -2.75. The highest BCUT2D eigenvalue weighted by Crippen LogP contribution is 2.42. The Bertz CT molecular complexity index is 587. The number of rotatable bonds is 6. The number of hydrogen-bond acceptors (Lipinski definition) is 2. The molecule has 7 heteroatoms. The number of urea groups is 1. The lowest BCUT2D eigenvalue weighted by atomic mass is 9.78. The van der Waals surface area contributed by atoms with Crippen molar-refractivity contribution in [2.24, 2.45) is 0 Å². The molecule has 126 valence electrons. The fraction of sp³-hybridized carbons (Fsp3) is 0.500. The number of nitrogens with one attached hydrogen (secondary N) is 2. The molecule has 0 aromatic heterocycles. The first-order valence-electron chi connectivity index (χ1n) is 7.63. The molecule has 0 aliphatic heterocycles.